The molecule has 0 nitrogen and oxygen atoms in total. The molecule has 0 heterocycles. The molecule has 1 aliphatic carbocycles. The monoisotopic (exact) mass is 256 g/mol. The number of hydrogen-bond acceptors (Lipinski definition) is 0. The van der Waals surface area contributed by atoms with Crippen molar-refractivity contribution in [1.82, 2.24) is 0 Å². The molecule has 1 aromatic rings. The minimum absolute atomic E-state index is 0.571. The minimum Gasteiger partial charge on any atom is -0.0952 e. The van der Waals surface area contributed by atoms with Crippen LogP contribution in [0.5, 0.6) is 0 Å². The van der Waals surface area contributed by atoms with Crippen LogP contribution < -0.4 is 0 Å². The molecule has 0 heteroatoms. The lowest BCUT2D eigenvalue weighted by Crippen LogP contribution is -2.06. The molecule has 19 heavy (non-hydrogen) atoms. The summed E-state index contributed by atoms with van der Waals surface area (Å²) in [5.74, 6) is 0.571. The molecule has 1 aromatic carbocycles. The van der Waals surface area contributed by atoms with Gasteiger partial charge in [0.1, 0.15) is 0 Å². The molecule has 0 saturated heterocycles. The number of allylic oxidation sites excluding steroid dienone is 2. The summed E-state index contributed by atoms with van der Waals surface area (Å²) in [6.45, 7) is 14.9. The van der Waals surface area contributed by atoms with Crippen molar-refractivity contribution in [2.24, 2.45) is 0 Å². The normalized spacial score (nSPS) is 14.3. The lowest BCUT2D eigenvalue weighted by atomic mass is 9.81. The summed E-state index contributed by atoms with van der Waals surface area (Å²) in [6, 6.07) is 4.61. The fraction of sp³-hybridized carbons (Fsp3) is 0.474. The van der Waals surface area contributed by atoms with Crippen LogP contribution in [0.3, 0.4) is 0 Å². The summed E-state index contributed by atoms with van der Waals surface area (Å²) in [5.41, 5.74) is 7.09. The van der Waals surface area contributed by atoms with E-state index in [1.54, 1.807) is 0 Å². The van der Waals surface area contributed by atoms with Crippen LogP contribution in [0, 0.1) is 0 Å². The third kappa shape index (κ3) is 3.37. The van der Waals surface area contributed by atoms with Gasteiger partial charge in [-0.25, -0.2) is 0 Å². The molecule has 0 N–H and O–H groups in total. The Hall–Kier alpha value is -1.30. The van der Waals surface area contributed by atoms with E-state index in [9.17, 15) is 0 Å². The van der Waals surface area contributed by atoms with Crippen molar-refractivity contribution >= 4 is 11.6 Å². The average Bonchev–Trinajstić information content (AvgIpc) is 2.41. The summed E-state index contributed by atoms with van der Waals surface area (Å²) in [6.07, 6.45) is 8.01. The molecule has 0 aromatic heterocycles. The van der Waals surface area contributed by atoms with Crippen LogP contribution in [-0.4, -0.2) is 0 Å². The van der Waals surface area contributed by atoms with Gasteiger partial charge in [0.2, 0.25) is 0 Å². The van der Waals surface area contributed by atoms with Gasteiger partial charge in [0.15, 0.2) is 0 Å². The lowest BCUT2D eigenvalue weighted by Gasteiger charge is -2.24. The fourth-order valence-electron chi connectivity index (χ4n) is 2.77. The molecule has 2 rings (SSSR count). The van der Waals surface area contributed by atoms with Crippen molar-refractivity contribution in [3.05, 3.63) is 47.0 Å². The molecule has 104 valence electrons. The topological polar surface area (TPSA) is 0 Å². The van der Waals surface area contributed by atoms with Crippen molar-refractivity contribution in [2.75, 3.05) is 0 Å². The van der Waals surface area contributed by atoms with Gasteiger partial charge < -0.3 is 0 Å². The van der Waals surface area contributed by atoms with E-state index in [2.05, 4.69) is 51.6 Å². The van der Waals surface area contributed by atoms with Gasteiger partial charge in [0, 0.05) is 0 Å². The second-order valence-electron chi connectivity index (χ2n) is 5.21. The highest BCUT2D eigenvalue weighted by atomic mass is 14.2. The van der Waals surface area contributed by atoms with Crippen LogP contribution >= 0.6 is 0 Å². The van der Waals surface area contributed by atoms with E-state index in [1.807, 2.05) is 13.8 Å². The first-order valence-corrected chi connectivity index (χ1v) is 7.61. The van der Waals surface area contributed by atoms with Gasteiger partial charge in [0.05, 0.1) is 0 Å². The standard InChI is InChI=1S/C17H22.C2H6/c1-5-7-16-15(12(2)3)11-10-14-9-6-8-13(4)17(14)16;1-2/h5,7,10-12H,4,6,8-9H2,1-3H3;1-2H3/b7-5-;. The van der Waals surface area contributed by atoms with Gasteiger partial charge in [-0.1, -0.05) is 58.6 Å². The largest absolute Gasteiger partial charge is 0.0952 e. The molecule has 1 aliphatic rings. The van der Waals surface area contributed by atoms with Crippen molar-refractivity contribution in [3.63, 3.8) is 0 Å². The molecule has 0 bridgehead atoms. The smallest absolute Gasteiger partial charge is 0.0123 e. The third-order valence-corrected chi connectivity index (χ3v) is 3.60. The van der Waals surface area contributed by atoms with Gasteiger partial charge in [0.25, 0.3) is 0 Å². The van der Waals surface area contributed by atoms with E-state index in [1.165, 1.54) is 40.7 Å². The number of rotatable bonds is 2. The first-order chi connectivity index (χ1) is 9.15. The first-order valence-electron chi connectivity index (χ1n) is 7.61. The highest BCUT2D eigenvalue weighted by Crippen LogP contribution is 2.36. The fourth-order valence-corrected chi connectivity index (χ4v) is 2.77. The van der Waals surface area contributed by atoms with E-state index in [4.69, 9.17) is 0 Å². The summed E-state index contributed by atoms with van der Waals surface area (Å²) in [4.78, 5) is 0. The molecule has 0 saturated carbocycles. The number of aryl methyl sites for hydroxylation is 1. The van der Waals surface area contributed by atoms with Gasteiger partial charge in [-0.05, 0) is 59.9 Å². The van der Waals surface area contributed by atoms with Gasteiger partial charge in [-0.3, -0.25) is 0 Å². The first kappa shape index (κ1) is 15.8. The van der Waals surface area contributed by atoms with E-state index < -0.39 is 0 Å². The molecular formula is C19H28. The molecule has 0 spiro atoms. The summed E-state index contributed by atoms with van der Waals surface area (Å²) >= 11 is 0. The van der Waals surface area contributed by atoms with Gasteiger partial charge in [-0.15, -0.1) is 0 Å². The SMILES string of the molecule is C=C1CCCc2ccc(C(C)C)c(/C=C\C)c21.CC. The van der Waals surface area contributed by atoms with Crippen LogP contribution in [0.2, 0.25) is 0 Å². The Balaban J connectivity index is 0.000000861. The summed E-state index contributed by atoms with van der Waals surface area (Å²) in [5, 5.41) is 0. The Kier molecular flexibility index (Phi) is 6.08. The second-order valence-corrected chi connectivity index (χ2v) is 5.21. The van der Waals surface area contributed by atoms with Crippen molar-refractivity contribution in [3.8, 4) is 0 Å². The number of fused-ring (bicyclic) bond motifs is 1. The summed E-state index contributed by atoms with van der Waals surface area (Å²) in [7, 11) is 0. The van der Waals surface area contributed by atoms with Crippen molar-refractivity contribution in [1.29, 1.82) is 0 Å². The Labute approximate surface area is 119 Å². The van der Waals surface area contributed by atoms with Crippen LogP contribution in [-0.2, 0) is 6.42 Å². The second kappa shape index (κ2) is 7.33. The molecule has 0 fully saturated rings. The zero-order chi connectivity index (χ0) is 14.4. The van der Waals surface area contributed by atoms with Crippen LogP contribution in [0.25, 0.3) is 11.6 Å². The lowest BCUT2D eigenvalue weighted by molar-refractivity contribution is 0.811. The Morgan fingerprint density at radius 3 is 2.42 bits per heavy atom. The minimum atomic E-state index is 0.571. The zero-order valence-corrected chi connectivity index (χ0v) is 13.2. The highest BCUT2D eigenvalue weighted by molar-refractivity contribution is 5.78. The molecule has 0 atom stereocenters. The molecular weight excluding hydrogens is 228 g/mol. The Bertz CT molecular complexity index is 461. The Morgan fingerprint density at radius 2 is 1.84 bits per heavy atom. The van der Waals surface area contributed by atoms with E-state index >= 15 is 0 Å². The molecule has 0 aliphatic heterocycles. The Morgan fingerprint density at radius 1 is 1.16 bits per heavy atom. The van der Waals surface area contributed by atoms with Crippen LogP contribution in [0.4, 0.5) is 0 Å². The maximum Gasteiger partial charge on any atom is -0.0123 e. The molecule has 0 radical (unpaired) electrons. The van der Waals surface area contributed by atoms with Crippen LogP contribution in [0.1, 0.15) is 75.6 Å². The van der Waals surface area contributed by atoms with Crippen LogP contribution in [0.15, 0.2) is 24.8 Å². The number of benzene rings is 1. The third-order valence-electron chi connectivity index (χ3n) is 3.60. The quantitative estimate of drug-likeness (QED) is 0.589. The van der Waals surface area contributed by atoms with Gasteiger partial charge in [-0.2, -0.15) is 0 Å². The summed E-state index contributed by atoms with van der Waals surface area (Å²) < 4.78 is 0. The van der Waals surface area contributed by atoms with E-state index in [0.717, 1.165) is 6.42 Å². The highest BCUT2D eigenvalue weighted by Gasteiger charge is 2.18. The molecule has 0 unspecified atom stereocenters. The van der Waals surface area contributed by atoms with E-state index in [-0.39, 0.29) is 0 Å². The average molecular weight is 256 g/mol. The molecule has 0 amide bonds. The van der Waals surface area contributed by atoms with Gasteiger partial charge >= 0.3 is 0 Å². The van der Waals surface area contributed by atoms with Crippen molar-refractivity contribution in [2.45, 2.75) is 59.8 Å². The predicted molar refractivity (Wildman–Crippen MR) is 88.6 cm³/mol. The maximum atomic E-state index is 4.26. The van der Waals surface area contributed by atoms with E-state index in [0.29, 0.717) is 5.92 Å². The number of hydrogen-bond donors (Lipinski definition) is 0. The predicted octanol–water partition coefficient (Wildman–Crippen LogP) is 6.22. The zero-order valence-electron chi connectivity index (χ0n) is 13.2. The maximum absolute atomic E-state index is 4.26. The van der Waals surface area contributed by atoms with Crippen molar-refractivity contribution < 1.29 is 0 Å².